The quantitative estimate of drug-likeness (QED) is 0.136. The van der Waals surface area contributed by atoms with E-state index in [4.69, 9.17) is 9.72 Å². The molecule has 0 radical (unpaired) electrons. The van der Waals surface area contributed by atoms with Crippen LogP contribution in [0.15, 0.2) is 79.1 Å². The van der Waals surface area contributed by atoms with E-state index in [1.807, 2.05) is 59.3 Å². The first-order valence-corrected chi connectivity index (χ1v) is 15.9. The van der Waals surface area contributed by atoms with Crippen molar-refractivity contribution >= 4 is 29.7 Å². The van der Waals surface area contributed by atoms with Gasteiger partial charge in [0.2, 0.25) is 11.9 Å². The number of benzene rings is 2. The van der Waals surface area contributed by atoms with Crippen molar-refractivity contribution in [2.45, 2.75) is 71.3 Å². The van der Waals surface area contributed by atoms with Crippen LogP contribution in [-0.2, 0) is 16.0 Å². The molecule has 5 rings (SSSR count). The van der Waals surface area contributed by atoms with Crippen LogP contribution in [0.5, 0.6) is 0 Å². The maximum Gasteiger partial charge on any atom is 0.413 e. The minimum absolute atomic E-state index is 0.202. The summed E-state index contributed by atoms with van der Waals surface area (Å²) in [6, 6.07) is 20.6. The number of para-hydroxylation sites is 1. The number of hydrogen-bond donors (Lipinski definition) is 3. The SMILES string of the molecule is CC(C)(C)OC(=O)Nc1ccc(-c2cccc(C(=O)Nc3nc(CCCCCCNC(=O)C4CC4)cn3-c3ccccc3)c2)cn1. The van der Waals surface area contributed by atoms with Crippen LogP contribution in [0.1, 0.15) is 75.3 Å². The molecule has 1 aliphatic rings. The fourth-order valence-corrected chi connectivity index (χ4v) is 4.97. The molecule has 0 bridgehead atoms. The number of aromatic nitrogens is 3. The summed E-state index contributed by atoms with van der Waals surface area (Å²) in [6.07, 6.45) is 9.92. The molecule has 2 aromatic heterocycles. The normalized spacial score (nSPS) is 12.8. The number of unbranched alkanes of at least 4 members (excludes halogenated alkanes) is 3. The highest BCUT2D eigenvalue weighted by Gasteiger charge is 2.29. The molecule has 240 valence electrons. The number of ether oxygens (including phenoxy) is 1. The van der Waals surface area contributed by atoms with Gasteiger partial charge in [-0.05, 0) is 94.8 Å². The molecule has 10 nitrogen and oxygen atoms in total. The molecule has 46 heavy (non-hydrogen) atoms. The van der Waals surface area contributed by atoms with Crippen molar-refractivity contribution in [3.63, 3.8) is 0 Å². The number of aryl methyl sites for hydroxylation is 1. The largest absolute Gasteiger partial charge is 0.444 e. The molecular formula is C36H42N6O4. The Balaban J connectivity index is 1.20. The highest BCUT2D eigenvalue weighted by atomic mass is 16.6. The van der Waals surface area contributed by atoms with Crippen molar-refractivity contribution < 1.29 is 19.1 Å². The van der Waals surface area contributed by atoms with Crippen molar-refractivity contribution in [2.75, 3.05) is 17.2 Å². The fraction of sp³-hybridized carbons (Fsp3) is 0.361. The summed E-state index contributed by atoms with van der Waals surface area (Å²) in [5.74, 6) is 1.00. The molecule has 1 fully saturated rings. The summed E-state index contributed by atoms with van der Waals surface area (Å²) >= 11 is 0. The van der Waals surface area contributed by atoms with Crippen molar-refractivity contribution in [3.05, 3.63) is 90.4 Å². The zero-order valence-corrected chi connectivity index (χ0v) is 26.7. The summed E-state index contributed by atoms with van der Waals surface area (Å²) in [5.41, 5.74) is 3.28. The fourth-order valence-electron chi connectivity index (χ4n) is 4.97. The summed E-state index contributed by atoms with van der Waals surface area (Å²) < 4.78 is 7.19. The second kappa shape index (κ2) is 14.9. The van der Waals surface area contributed by atoms with Gasteiger partial charge in [0.05, 0.1) is 5.69 Å². The van der Waals surface area contributed by atoms with E-state index in [9.17, 15) is 14.4 Å². The molecule has 0 unspecified atom stereocenters. The van der Waals surface area contributed by atoms with Crippen LogP contribution in [0.3, 0.4) is 0 Å². The third kappa shape index (κ3) is 9.50. The van der Waals surface area contributed by atoms with Crippen molar-refractivity contribution in [3.8, 4) is 16.8 Å². The Morgan fingerprint density at radius 2 is 1.67 bits per heavy atom. The van der Waals surface area contributed by atoms with Crippen molar-refractivity contribution in [1.82, 2.24) is 19.9 Å². The highest BCUT2D eigenvalue weighted by Crippen LogP contribution is 2.28. The Bertz CT molecular complexity index is 1640. The van der Waals surface area contributed by atoms with E-state index in [0.717, 1.165) is 74.0 Å². The van der Waals surface area contributed by atoms with Gasteiger partial charge in [-0.1, -0.05) is 43.2 Å². The molecule has 0 aliphatic heterocycles. The van der Waals surface area contributed by atoms with Gasteiger partial charge in [-0.25, -0.2) is 14.8 Å². The molecule has 1 saturated carbocycles. The van der Waals surface area contributed by atoms with Crippen LogP contribution in [-0.4, -0.2) is 44.6 Å². The standard InChI is InChI=1S/C36H42N6O4/c1-36(2,3)46-35(45)40-31-20-19-28(23-38-31)26-12-11-13-27(22-26)33(44)41-34-39-29(24-42(34)30-15-8-6-9-16-30)14-7-4-5-10-21-37-32(43)25-17-18-25/h6,8-9,11-13,15-16,19-20,22-25H,4-5,7,10,14,17-18,21H2,1-3H3,(H,37,43)(H,38,40,45)(H,39,41,44). The van der Waals surface area contributed by atoms with Crippen LogP contribution in [0.25, 0.3) is 16.8 Å². The minimum Gasteiger partial charge on any atom is -0.444 e. The van der Waals surface area contributed by atoms with E-state index in [-0.39, 0.29) is 17.7 Å². The topological polar surface area (TPSA) is 127 Å². The number of hydrogen-bond acceptors (Lipinski definition) is 6. The summed E-state index contributed by atoms with van der Waals surface area (Å²) in [4.78, 5) is 46.4. The number of carbonyl (C=O) groups excluding carboxylic acids is 3. The van der Waals surface area contributed by atoms with Gasteiger partial charge in [0.1, 0.15) is 11.4 Å². The van der Waals surface area contributed by atoms with E-state index in [1.54, 1.807) is 45.2 Å². The maximum atomic E-state index is 13.5. The van der Waals surface area contributed by atoms with Crippen LogP contribution in [0.2, 0.25) is 0 Å². The number of pyridine rings is 1. The number of carbonyl (C=O) groups is 3. The monoisotopic (exact) mass is 622 g/mol. The average molecular weight is 623 g/mol. The number of nitrogens with one attached hydrogen (secondary N) is 3. The van der Waals surface area contributed by atoms with E-state index < -0.39 is 11.7 Å². The first kappa shape index (κ1) is 32.4. The number of amides is 3. The van der Waals surface area contributed by atoms with Gasteiger partial charge in [0, 0.05) is 41.7 Å². The molecular weight excluding hydrogens is 580 g/mol. The van der Waals surface area contributed by atoms with Gasteiger partial charge < -0.3 is 10.1 Å². The molecule has 3 amide bonds. The third-order valence-corrected chi connectivity index (χ3v) is 7.47. The number of imidazole rings is 1. The van der Waals surface area contributed by atoms with Gasteiger partial charge in [-0.3, -0.25) is 24.8 Å². The van der Waals surface area contributed by atoms with Gasteiger partial charge in [0.15, 0.2) is 0 Å². The van der Waals surface area contributed by atoms with Gasteiger partial charge in [-0.2, -0.15) is 0 Å². The smallest absolute Gasteiger partial charge is 0.413 e. The molecule has 2 heterocycles. The van der Waals surface area contributed by atoms with E-state index in [1.165, 1.54) is 0 Å². The van der Waals surface area contributed by atoms with Crippen LogP contribution in [0.4, 0.5) is 16.6 Å². The Labute approximate surface area is 270 Å². The Hall–Kier alpha value is -4.99. The second-order valence-electron chi connectivity index (χ2n) is 12.6. The first-order chi connectivity index (χ1) is 22.1. The minimum atomic E-state index is -0.610. The second-order valence-corrected chi connectivity index (χ2v) is 12.6. The van der Waals surface area contributed by atoms with E-state index >= 15 is 0 Å². The highest BCUT2D eigenvalue weighted by molar-refractivity contribution is 6.04. The number of rotatable bonds is 13. The third-order valence-electron chi connectivity index (χ3n) is 7.47. The zero-order valence-electron chi connectivity index (χ0n) is 26.7. The van der Waals surface area contributed by atoms with Crippen LogP contribution in [0, 0.1) is 5.92 Å². The van der Waals surface area contributed by atoms with E-state index in [2.05, 4.69) is 20.9 Å². The predicted octanol–water partition coefficient (Wildman–Crippen LogP) is 7.16. The molecule has 10 heteroatoms. The Morgan fingerprint density at radius 3 is 2.39 bits per heavy atom. The summed E-state index contributed by atoms with van der Waals surface area (Å²) in [7, 11) is 0. The lowest BCUT2D eigenvalue weighted by Crippen LogP contribution is -2.27. The number of anilines is 2. The number of nitrogens with zero attached hydrogens (tertiary/aromatic N) is 3. The van der Waals surface area contributed by atoms with Crippen molar-refractivity contribution in [1.29, 1.82) is 0 Å². The molecule has 3 N–H and O–H groups in total. The summed E-state index contributed by atoms with van der Waals surface area (Å²) in [6.45, 7) is 6.13. The van der Waals surface area contributed by atoms with Gasteiger partial charge >= 0.3 is 6.09 Å². The molecule has 4 aromatic rings. The Kier molecular flexibility index (Phi) is 10.5. The first-order valence-electron chi connectivity index (χ1n) is 15.9. The lowest BCUT2D eigenvalue weighted by Gasteiger charge is -2.19. The van der Waals surface area contributed by atoms with Gasteiger partial charge in [-0.15, -0.1) is 0 Å². The zero-order chi connectivity index (χ0) is 32.5. The lowest BCUT2D eigenvalue weighted by atomic mass is 10.0. The molecule has 0 atom stereocenters. The molecule has 0 saturated heterocycles. The molecule has 2 aromatic carbocycles. The predicted molar refractivity (Wildman–Crippen MR) is 179 cm³/mol. The molecule has 1 aliphatic carbocycles. The Morgan fingerprint density at radius 1 is 0.891 bits per heavy atom. The van der Waals surface area contributed by atoms with Crippen molar-refractivity contribution in [2.24, 2.45) is 5.92 Å². The summed E-state index contributed by atoms with van der Waals surface area (Å²) in [5, 5.41) is 8.67. The average Bonchev–Trinajstić information content (AvgIpc) is 3.81. The lowest BCUT2D eigenvalue weighted by molar-refractivity contribution is -0.122. The van der Waals surface area contributed by atoms with Crippen LogP contribution >= 0.6 is 0 Å². The van der Waals surface area contributed by atoms with Gasteiger partial charge in [0.25, 0.3) is 5.91 Å². The van der Waals surface area contributed by atoms with E-state index in [0.29, 0.717) is 17.3 Å². The maximum absolute atomic E-state index is 13.5. The molecule has 0 spiro atoms. The van der Waals surface area contributed by atoms with Crippen LogP contribution < -0.4 is 16.0 Å².